The molecule has 0 saturated carbocycles. The Bertz CT molecular complexity index is 896. The molecule has 1 aromatic heterocycles. The van der Waals surface area contributed by atoms with E-state index < -0.39 is 0 Å². The van der Waals surface area contributed by atoms with Gasteiger partial charge in [-0.3, -0.25) is 14.4 Å². The second-order valence-electron chi connectivity index (χ2n) is 6.61. The van der Waals surface area contributed by atoms with Gasteiger partial charge in [-0.1, -0.05) is 42.5 Å². The van der Waals surface area contributed by atoms with Crippen LogP contribution in [0.5, 0.6) is 0 Å². The van der Waals surface area contributed by atoms with Gasteiger partial charge in [-0.15, -0.1) is 0 Å². The number of amides is 1. The van der Waals surface area contributed by atoms with Gasteiger partial charge in [0.15, 0.2) is 0 Å². The van der Waals surface area contributed by atoms with Crippen molar-refractivity contribution in [2.24, 2.45) is 0 Å². The van der Waals surface area contributed by atoms with Crippen LogP contribution in [-0.4, -0.2) is 34.2 Å². The van der Waals surface area contributed by atoms with Gasteiger partial charge in [0.25, 0.3) is 0 Å². The average molecular weight is 334 g/mol. The van der Waals surface area contributed by atoms with E-state index in [4.69, 9.17) is 0 Å². The van der Waals surface area contributed by atoms with Crippen molar-refractivity contribution >= 4 is 16.7 Å². The van der Waals surface area contributed by atoms with E-state index in [1.54, 1.807) is 7.05 Å². The molecule has 0 aliphatic carbocycles. The van der Waals surface area contributed by atoms with Crippen molar-refractivity contribution in [2.75, 3.05) is 13.6 Å². The molecular formula is C20H22N4O. The summed E-state index contributed by atoms with van der Waals surface area (Å²) in [5.74, 6) is 0.0541. The van der Waals surface area contributed by atoms with E-state index in [0.717, 1.165) is 19.6 Å². The molecule has 0 saturated heterocycles. The summed E-state index contributed by atoms with van der Waals surface area (Å²) in [5, 5.41) is 9.72. The molecule has 3 aromatic rings. The highest BCUT2D eigenvalue weighted by molar-refractivity contribution is 5.85. The maximum Gasteiger partial charge on any atom is 0.221 e. The fraction of sp³-hybridized carbons (Fsp3) is 0.300. The first-order valence-corrected chi connectivity index (χ1v) is 8.66. The SMILES string of the molecule is CNC(=O)CC1CN(Cc2cccc3ccccc23)Cc2ccnn21. The van der Waals surface area contributed by atoms with Crippen molar-refractivity contribution < 1.29 is 4.79 Å². The van der Waals surface area contributed by atoms with E-state index in [0.29, 0.717) is 6.42 Å². The van der Waals surface area contributed by atoms with Gasteiger partial charge in [0.2, 0.25) is 5.91 Å². The summed E-state index contributed by atoms with van der Waals surface area (Å²) < 4.78 is 2.01. The Balaban J connectivity index is 1.60. The number of nitrogens with one attached hydrogen (secondary N) is 1. The van der Waals surface area contributed by atoms with Gasteiger partial charge in [-0.2, -0.15) is 5.10 Å². The number of hydrogen-bond donors (Lipinski definition) is 1. The lowest BCUT2D eigenvalue weighted by molar-refractivity contribution is -0.121. The van der Waals surface area contributed by atoms with Gasteiger partial charge in [-0.05, 0) is 22.4 Å². The first-order chi connectivity index (χ1) is 12.2. The number of benzene rings is 2. The van der Waals surface area contributed by atoms with Crippen molar-refractivity contribution in [1.82, 2.24) is 20.0 Å². The lowest BCUT2D eigenvalue weighted by Crippen LogP contribution is -2.39. The van der Waals surface area contributed by atoms with Crippen LogP contribution < -0.4 is 5.32 Å². The van der Waals surface area contributed by atoms with E-state index in [1.807, 2.05) is 16.9 Å². The highest BCUT2D eigenvalue weighted by Gasteiger charge is 2.27. The zero-order valence-corrected chi connectivity index (χ0v) is 14.4. The summed E-state index contributed by atoms with van der Waals surface area (Å²) >= 11 is 0. The summed E-state index contributed by atoms with van der Waals surface area (Å²) in [6.07, 6.45) is 2.28. The van der Waals surface area contributed by atoms with Gasteiger partial charge in [0.05, 0.1) is 18.2 Å². The Hall–Kier alpha value is -2.66. The van der Waals surface area contributed by atoms with Crippen LogP contribution in [0.2, 0.25) is 0 Å². The van der Waals surface area contributed by atoms with E-state index in [-0.39, 0.29) is 11.9 Å². The van der Waals surface area contributed by atoms with E-state index in [1.165, 1.54) is 22.0 Å². The molecular weight excluding hydrogens is 312 g/mol. The van der Waals surface area contributed by atoms with Gasteiger partial charge < -0.3 is 5.32 Å². The number of hydrogen-bond acceptors (Lipinski definition) is 3. The van der Waals surface area contributed by atoms with Crippen LogP contribution in [0.4, 0.5) is 0 Å². The highest BCUT2D eigenvalue weighted by atomic mass is 16.1. The molecule has 0 spiro atoms. The Morgan fingerprint density at radius 2 is 2.04 bits per heavy atom. The topological polar surface area (TPSA) is 50.2 Å². The normalized spacial score (nSPS) is 17.4. The summed E-state index contributed by atoms with van der Waals surface area (Å²) in [6, 6.07) is 17.1. The number of carbonyl (C=O) groups is 1. The molecule has 1 aliphatic heterocycles. The minimum atomic E-state index is 0.0541. The predicted octanol–water partition coefficient (Wildman–Crippen LogP) is 2.73. The third-order valence-electron chi connectivity index (χ3n) is 4.93. The molecule has 1 unspecified atom stereocenters. The predicted molar refractivity (Wildman–Crippen MR) is 98.0 cm³/mol. The molecule has 1 amide bonds. The van der Waals surface area contributed by atoms with Crippen LogP contribution >= 0.6 is 0 Å². The molecule has 128 valence electrons. The molecule has 1 aliphatic rings. The lowest BCUT2D eigenvalue weighted by Gasteiger charge is -2.33. The number of fused-ring (bicyclic) bond motifs is 2. The fourth-order valence-electron chi connectivity index (χ4n) is 3.72. The minimum absolute atomic E-state index is 0.0541. The second kappa shape index (κ2) is 6.69. The average Bonchev–Trinajstić information content (AvgIpc) is 3.11. The van der Waals surface area contributed by atoms with Crippen molar-refractivity contribution in [1.29, 1.82) is 0 Å². The molecule has 5 heteroatoms. The van der Waals surface area contributed by atoms with E-state index in [9.17, 15) is 4.79 Å². The van der Waals surface area contributed by atoms with Crippen molar-refractivity contribution in [3.63, 3.8) is 0 Å². The quantitative estimate of drug-likeness (QED) is 0.798. The van der Waals surface area contributed by atoms with Gasteiger partial charge in [-0.25, -0.2) is 0 Å². The first-order valence-electron chi connectivity index (χ1n) is 8.66. The third kappa shape index (κ3) is 3.15. The van der Waals surface area contributed by atoms with Crippen LogP contribution in [0, 0.1) is 0 Å². The van der Waals surface area contributed by atoms with Crippen LogP contribution in [0.25, 0.3) is 10.8 Å². The number of rotatable bonds is 4. The highest BCUT2D eigenvalue weighted by Crippen LogP contribution is 2.26. The largest absolute Gasteiger partial charge is 0.359 e. The molecule has 2 aromatic carbocycles. The standard InChI is InChI=1S/C20H22N4O/c1-21-20(25)11-18-14-23(13-17-9-10-22-24(17)18)12-16-7-4-6-15-5-2-3-8-19(15)16/h2-10,18H,11-14H2,1H3,(H,21,25). The Morgan fingerprint density at radius 3 is 2.92 bits per heavy atom. The summed E-state index contributed by atoms with van der Waals surface area (Å²) in [5.41, 5.74) is 2.49. The van der Waals surface area contributed by atoms with Crippen molar-refractivity contribution in [3.05, 3.63) is 66.0 Å². The zero-order chi connectivity index (χ0) is 17.2. The van der Waals surface area contributed by atoms with E-state index >= 15 is 0 Å². The van der Waals surface area contributed by atoms with Gasteiger partial charge in [0, 0.05) is 32.9 Å². The second-order valence-corrected chi connectivity index (χ2v) is 6.61. The molecule has 1 atom stereocenters. The number of nitrogens with zero attached hydrogens (tertiary/aromatic N) is 3. The number of carbonyl (C=O) groups excluding carboxylic acids is 1. The zero-order valence-electron chi connectivity index (χ0n) is 14.4. The van der Waals surface area contributed by atoms with E-state index in [2.05, 4.69) is 57.8 Å². The Morgan fingerprint density at radius 1 is 1.20 bits per heavy atom. The monoisotopic (exact) mass is 334 g/mol. The van der Waals surface area contributed by atoms with Crippen LogP contribution in [0.1, 0.15) is 23.7 Å². The molecule has 0 bridgehead atoms. The first kappa shape index (κ1) is 15.8. The molecule has 0 radical (unpaired) electrons. The number of aromatic nitrogens is 2. The third-order valence-corrected chi connectivity index (χ3v) is 4.93. The Kier molecular flexibility index (Phi) is 4.24. The molecule has 2 heterocycles. The molecule has 0 fully saturated rings. The van der Waals surface area contributed by atoms with Crippen LogP contribution in [-0.2, 0) is 17.9 Å². The summed E-state index contributed by atoms with van der Waals surface area (Å²) in [6.45, 7) is 2.55. The molecule has 25 heavy (non-hydrogen) atoms. The van der Waals surface area contributed by atoms with Crippen molar-refractivity contribution in [3.8, 4) is 0 Å². The van der Waals surface area contributed by atoms with Crippen molar-refractivity contribution in [2.45, 2.75) is 25.6 Å². The van der Waals surface area contributed by atoms with Gasteiger partial charge in [0.1, 0.15) is 0 Å². The molecule has 5 nitrogen and oxygen atoms in total. The smallest absolute Gasteiger partial charge is 0.221 e. The summed E-state index contributed by atoms with van der Waals surface area (Å²) in [4.78, 5) is 14.3. The maximum atomic E-state index is 11.9. The summed E-state index contributed by atoms with van der Waals surface area (Å²) in [7, 11) is 1.68. The van der Waals surface area contributed by atoms with Crippen LogP contribution in [0.3, 0.4) is 0 Å². The van der Waals surface area contributed by atoms with Crippen LogP contribution in [0.15, 0.2) is 54.7 Å². The fourth-order valence-corrected chi connectivity index (χ4v) is 3.72. The lowest BCUT2D eigenvalue weighted by atomic mass is 10.0. The maximum absolute atomic E-state index is 11.9. The molecule has 1 N–H and O–H groups in total. The van der Waals surface area contributed by atoms with Gasteiger partial charge >= 0.3 is 0 Å². The Labute approximate surface area is 147 Å². The molecule has 4 rings (SSSR count). The minimum Gasteiger partial charge on any atom is -0.359 e.